The van der Waals surface area contributed by atoms with Crippen LogP contribution in [0.15, 0.2) is 66.7 Å². The van der Waals surface area contributed by atoms with Crippen molar-refractivity contribution in [2.24, 2.45) is 0 Å². The molecular weight excluding hydrogens is 300 g/mol. The fourth-order valence-electron chi connectivity index (χ4n) is 2.45. The molecule has 0 aliphatic rings. The summed E-state index contributed by atoms with van der Waals surface area (Å²) in [4.78, 5) is 0. The van der Waals surface area contributed by atoms with Gasteiger partial charge in [0.25, 0.3) is 0 Å². The van der Waals surface area contributed by atoms with E-state index in [-0.39, 0.29) is 0 Å². The van der Waals surface area contributed by atoms with Gasteiger partial charge in [-0.3, -0.25) is 0 Å². The second-order valence-corrected chi connectivity index (χ2v) is 5.29. The Kier molecular flexibility index (Phi) is 5.02. The molecule has 0 aliphatic heterocycles. The first kappa shape index (κ1) is 15.9. The summed E-state index contributed by atoms with van der Waals surface area (Å²) < 4.78 is 16.4. The van der Waals surface area contributed by atoms with Crippen LogP contribution in [0.4, 0.5) is 0 Å². The minimum atomic E-state index is 0.498. The SMILES string of the molecule is COc1ccc(OCc2ccc(-c3cc[c]cc3)cc2)cc1OC. The molecule has 3 aromatic rings. The Morgan fingerprint density at radius 3 is 2.08 bits per heavy atom. The molecule has 0 saturated carbocycles. The van der Waals surface area contributed by atoms with Gasteiger partial charge in [-0.2, -0.15) is 0 Å². The van der Waals surface area contributed by atoms with Gasteiger partial charge in [0, 0.05) is 6.07 Å². The van der Waals surface area contributed by atoms with E-state index in [4.69, 9.17) is 14.2 Å². The molecule has 1 radical (unpaired) electrons. The maximum Gasteiger partial charge on any atom is 0.164 e. The Bertz CT molecular complexity index is 780. The summed E-state index contributed by atoms with van der Waals surface area (Å²) in [5.74, 6) is 2.09. The molecule has 0 heterocycles. The van der Waals surface area contributed by atoms with E-state index in [1.54, 1.807) is 14.2 Å². The summed E-state index contributed by atoms with van der Waals surface area (Å²) in [5.41, 5.74) is 3.47. The molecule has 0 saturated heterocycles. The van der Waals surface area contributed by atoms with Crippen LogP contribution in [-0.4, -0.2) is 14.2 Å². The summed E-state index contributed by atoms with van der Waals surface area (Å²) in [6.45, 7) is 0.498. The molecule has 24 heavy (non-hydrogen) atoms. The van der Waals surface area contributed by atoms with Crippen LogP contribution in [0.3, 0.4) is 0 Å². The lowest BCUT2D eigenvalue weighted by molar-refractivity contribution is 0.300. The Balaban J connectivity index is 1.67. The Hall–Kier alpha value is -2.94. The van der Waals surface area contributed by atoms with Crippen LogP contribution in [0.2, 0.25) is 0 Å². The summed E-state index contributed by atoms with van der Waals surface area (Å²) in [7, 11) is 3.23. The summed E-state index contributed by atoms with van der Waals surface area (Å²) in [6, 6.07) is 24.9. The van der Waals surface area contributed by atoms with Crippen molar-refractivity contribution in [3.05, 3.63) is 78.4 Å². The first-order valence-electron chi connectivity index (χ1n) is 7.70. The molecule has 0 atom stereocenters. The van der Waals surface area contributed by atoms with E-state index in [2.05, 4.69) is 42.5 Å². The molecule has 0 bridgehead atoms. The third kappa shape index (κ3) is 3.69. The third-order valence-electron chi connectivity index (χ3n) is 3.77. The Morgan fingerprint density at radius 2 is 1.42 bits per heavy atom. The highest BCUT2D eigenvalue weighted by atomic mass is 16.5. The van der Waals surface area contributed by atoms with Gasteiger partial charge in [-0.15, -0.1) is 0 Å². The highest BCUT2D eigenvalue weighted by Crippen LogP contribution is 2.31. The summed E-state index contributed by atoms with van der Waals surface area (Å²) in [5, 5.41) is 0. The van der Waals surface area contributed by atoms with E-state index in [1.807, 2.05) is 30.3 Å². The minimum Gasteiger partial charge on any atom is -0.493 e. The molecule has 3 rings (SSSR count). The monoisotopic (exact) mass is 319 g/mol. The first-order chi connectivity index (χ1) is 11.8. The molecular formula is C21H19O3. The Labute approximate surface area is 142 Å². The molecule has 0 N–H and O–H groups in total. The van der Waals surface area contributed by atoms with Crippen LogP contribution in [0.25, 0.3) is 11.1 Å². The van der Waals surface area contributed by atoms with Crippen LogP contribution in [-0.2, 0) is 6.61 Å². The summed E-state index contributed by atoms with van der Waals surface area (Å²) >= 11 is 0. The van der Waals surface area contributed by atoms with Crippen molar-refractivity contribution in [1.82, 2.24) is 0 Å². The number of hydrogen-bond donors (Lipinski definition) is 0. The van der Waals surface area contributed by atoms with Crippen LogP contribution >= 0.6 is 0 Å². The zero-order valence-corrected chi connectivity index (χ0v) is 13.8. The average molecular weight is 319 g/mol. The topological polar surface area (TPSA) is 27.7 Å². The van der Waals surface area contributed by atoms with Crippen molar-refractivity contribution in [1.29, 1.82) is 0 Å². The quantitative estimate of drug-likeness (QED) is 0.656. The van der Waals surface area contributed by atoms with E-state index < -0.39 is 0 Å². The van der Waals surface area contributed by atoms with Crippen molar-refractivity contribution in [3.8, 4) is 28.4 Å². The lowest BCUT2D eigenvalue weighted by atomic mass is 10.0. The van der Waals surface area contributed by atoms with Gasteiger partial charge in [0.15, 0.2) is 11.5 Å². The molecule has 0 amide bonds. The predicted molar refractivity (Wildman–Crippen MR) is 94.6 cm³/mol. The van der Waals surface area contributed by atoms with E-state index >= 15 is 0 Å². The number of rotatable bonds is 6. The van der Waals surface area contributed by atoms with Crippen molar-refractivity contribution in [2.75, 3.05) is 14.2 Å². The maximum atomic E-state index is 5.84. The molecule has 121 valence electrons. The second kappa shape index (κ2) is 7.55. The van der Waals surface area contributed by atoms with Gasteiger partial charge in [-0.25, -0.2) is 0 Å². The van der Waals surface area contributed by atoms with Crippen LogP contribution in [0.1, 0.15) is 5.56 Å². The molecule has 0 unspecified atom stereocenters. The minimum absolute atomic E-state index is 0.498. The van der Waals surface area contributed by atoms with E-state index in [9.17, 15) is 0 Å². The largest absolute Gasteiger partial charge is 0.493 e. The lowest BCUT2D eigenvalue weighted by Crippen LogP contribution is -1.97. The van der Waals surface area contributed by atoms with Gasteiger partial charge in [-0.1, -0.05) is 48.5 Å². The molecule has 0 spiro atoms. The zero-order valence-electron chi connectivity index (χ0n) is 13.8. The lowest BCUT2D eigenvalue weighted by Gasteiger charge is -2.11. The zero-order chi connectivity index (χ0) is 16.8. The highest BCUT2D eigenvalue weighted by molar-refractivity contribution is 5.63. The van der Waals surface area contributed by atoms with Gasteiger partial charge >= 0.3 is 0 Å². The highest BCUT2D eigenvalue weighted by Gasteiger charge is 2.05. The van der Waals surface area contributed by atoms with Crippen LogP contribution in [0.5, 0.6) is 17.2 Å². The number of benzene rings is 3. The van der Waals surface area contributed by atoms with Gasteiger partial charge in [0.1, 0.15) is 12.4 Å². The predicted octanol–water partition coefficient (Wildman–Crippen LogP) is 4.75. The number of methoxy groups -OCH3 is 2. The molecule has 3 aromatic carbocycles. The Morgan fingerprint density at radius 1 is 0.750 bits per heavy atom. The van der Waals surface area contributed by atoms with E-state index in [1.165, 1.54) is 11.1 Å². The molecule has 3 heteroatoms. The number of ether oxygens (including phenoxy) is 3. The van der Waals surface area contributed by atoms with Crippen molar-refractivity contribution in [2.45, 2.75) is 6.61 Å². The molecule has 0 aliphatic carbocycles. The molecule has 0 fully saturated rings. The van der Waals surface area contributed by atoms with Crippen LogP contribution in [0, 0.1) is 6.07 Å². The van der Waals surface area contributed by atoms with E-state index in [0.717, 1.165) is 11.3 Å². The van der Waals surface area contributed by atoms with Gasteiger partial charge in [-0.05, 0) is 34.9 Å². The van der Waals surface area contributed by atoms with Crippen molar-refractivity contribution >= 4 is 0 Å². The fourth-order valence-corrected chi connectivity index (χ4v) is 2.45. The van der Waals surface area contributed by atoms with Gasteiger partial charge < -0.3 is 14.2 Å². The third-order valence-corrected chi connectivity index (χ3v) is 3.77. The van der Waals surface area contributed by atoms with Crippen molar-refractivity contribution < 1.29 is 14.2 Å². The first-order valence-corrected chi connectivity index (χ1v) is 7.70. The smallest absolute Gasteiger partial charge is 0.164 e. The van der Waals surface area contributed by atoms with Gasteiger partial charge in [0.2, 0.25) is 0 Å². The molecule has 3 nitrogen and oxygen atoms in total. The fraction of sp³-hybridized carbons (Fsp3) is 0.143. The number of hydrogen-bond acceptors (Lipinski definition) is 3. The van der Waals surface area contributed by atoms with E-state index in [0.29, 0.717) is 18.1 Å². The average Bonchev–Trinajstić information content (AvgIpc) is 2.67. The molecule has 0 aromatic heterocycles. The maximum absolute atomic E-state index is 5.84. The second-order valence-electron chi connectivity index (χ2n) is 5.29. The standard InChI is InChI=1S/C21H19O3/c1-22-20-13-12-19(14-21(20)23-2)24-15-16-8-10-18(11-9-16)17-6-4-3-5-7-17/h4-14H,15H2,1-2H3. The van der Waals surface area contributed by atoms with Crippen LogP contribution < -0.4 is 14.2 Å². The normalized spacial score (nSPS) is 10.2. The van der Waals surface area contributed by atoms with Crippen molar-refractivity contribution in [3.63, 3.8) is 0 Å². The van der Waals surface area contributed by atoms with Gasteiger partial charge in [0.05, 0.1) is 14.2 Å². The summed E-state index contributed by atoms with van der Waals surface area (Å²) in [6.07, 6.45) is 0.